The van der Waals surface area contributed by atoms with Gasteiger partial charge in [0.05, 0.1) is 23.7 Å². The summed E-state index contributed by atoms with van der Waals surface area (Å²) in [4.78, 5) is 57.2. The summed E-state index contributed by atoms with van der Waals surface area (Å²) < 4.78 is 1.93. The van der Waals surface area contributed by atoms with Crippen LogP contribution < -0.4 is 9.80 Å². The van der Waals surface area contributed by atoms with Crippen molar-refractivity contribution in [3.05, 3.63) is 56.3 Å². The summed E-state index contributed by atoms with van der Waals surface area (Å²) in [7, 11) is 0. The van der Waals surface area contributed by atoms with Crippen LogP contribution in [0, 0.1) is 60.2 Å². The predicted octanol–water partition coefficient (Wildman–Crippen LogP) is 6.76. The Morgan fingerprint density at radius 3 is 1.38 bits per heavy atom. The van der Waals surface area contributed by atoms with Gasteiger partial charge >= 0.3 is 11.9 Å². The third-order valence-corrected chi connectivity index (χ3v) is 17.5. The van der Waals surface area contributed by atoms with Crippen LogP contribution in [0.1, 0.15) is 45.2 Å². The zero-order valence-corrected chi connectivity index (χ0v) is 30.3. The van der Waals surface area contributed by atoms with E-state index in [-0.39, 0.29) is 72.0 Å². The highest BCUT2D eigenvalue weighted by Crippen LogP contribution is 3.10. The summed E-state index contributed by atoms with van der Waals surface area (Å²) >= 11 is 16.2. The lowest BCUT2D eigenvalue weighted by Gasteiger charge is -3.09. The number of nitrogens with zero attached hydrogens (tertiary/aromatic N) is 2. The zero-order chi connectivity index (χ0) is 34.5. The smallest absolute Gasteiger partial charge is 0.307 e. The summed E-state index contributed by atoms with van der Waals surface area (Å²) in [5.74, 6) is 0.424. The van der Waals surface area contributed by atoms with Crippen molar-refractivity contribution in [2.24, 2.45) is 46.3 Å². The molecule has 0 bridgehead atoms. The monoisotopic (exact) mass is 746 g/mol. The topological polar surface area (TPSA) is 115 Å². The van der Waals surface area contributed by atoms with Crippen molar-refractivity contribution in [2.75, 3.05) is 34.6 Å². The van der Waals surface area contributed by atoms with E-state index in [4.69, 9.17) is 23.2 Å². The van der Waals surface area contributed by atoms with Crippen LogP contribution >= 0.6 is 45.9 Å². The first-order chi connectivity index (χ1) is 24.0. The van der Waals surface area contributed by atoms with Crippen molar-refractivity contribution in [3.63, 3.8) is 0 Å². The molecule has 0 unspecified atom stereocenters. The summed E-state index contributed by atoms with van der Waals surface area (Å²) in [6.45, 7) is 5.07. The Hall–Kier alpha value is -3.18. The number of anilines is 2. The normalized spacial score (nSPS) is 35.5. The van der Waals surface area contributed by atoms with Gasteiger partial charge in [0.1, 0.15) is 0 Å². The SMILES string of the molecule is Cc1csc2c(CC(=O)O)cc3c(c12)[C@H](CCl)CN3C(=O)C12C3C4C1C1C2C3C41C(=O)N1C[C@@H](CCl)c2c1cc(CC(=O)O)c1scc(C)c21. The average molecular weight is 748 g/mol. The molecule has 2 N–H and O–H groups in total. The minimum Gasteiger partial charge on any atom is -0.481 e. The molecule has 2 aromatic heterocycles. The Kier molecular flexibility index (Phi) is 5.74. The molecule has 12 rings (SSSR count). The van der Waals surface area contributed by atoms with Gasteiger partial charge in [0.2, 0.25) is 11.8 Å². The maximum atomic E-state index is 14.8. The van der Waals surface area contributed by atoms with Crippen LogP contribution in [0.4, 0.5) is 11.4 Å². The Bertz CT molecular complexity index is 2130. The molecular weight excluding hydrogens is 715 g/mol. The molecule has 6 fully saturated rings. The highest BCUT2D eigenvalue weighted by molar-refractivity contribution is 7.18. The minimum atomic E-state index is -0.899. The molecule has 4 aromatic rings. The van der Waals surface area contributed by atoms with Gasteiger partial charge in [-0.2, -0.15) is 0 Å². The third kappa shape index (κ3) is 2.95. The van der Waals surface area contributed by atoms with Gasteiger partial charge in [0.25, 0.3) is 0 Å². The van der Waals surface area contributed by atoms with Crippen LogP contribution in [0.3, 0.4) is 0 Å². The van der Waals surface area contributed by atoms with E-state index >= 15 is 0 Å². The molecule has 0 spiro atoms. The molecule has 6 aliphatic carbocycles. The van der Waals surface area contributed by atoms with Crippen LogP contribution in [-0.2, 0) is 32.0 Å². The van der Waals surface area contributed by atoms with E-state index in [1.165, 1.54) is 0 Å². The van der Waals surface area contributed by atoms with Crippen LogP contribution in [0.2, 0.25) is 0 Å². The molecule has 8 aliphatic rings. The number of halogens is 2. The first-order valence-corrected chi connectivity index (χ1v) is 20.1. The molecular formula is C38H32Cl2N2O6S2. The van der Waals surface area contributed by atoms with Crippen molar-refractivity contribution < 1.29 is 29.4 Å². The molecule has 8 nitrogen and oxygen atoms in total. The molecule has 256 valence electrons. The highest BCUT2D eigenvalue weighted by Gasteiger charge is 3.13. The van der Waals surface area contributed by atoms with Crippen LogP contribution in [0.15, 0.2) is 22.9 Å². The van der Waals surface area contributed by atoms with Crippen molar-refractivity contribution >= 4 is 101 Å². The van der Waals surface area contributed by atoms with Gasteiger partial charge in [-0.15, -0.1) is 45.9 Å². The Labute approximate surface area is 304 Å². The Morgan fingerprint density at radius 2 is 1.06 bits per heavy atom. The highest BCUT2D eigenvalue weighted by atomic mass is 35.5. The largest absolute Gasteiger partial charge is 0.481 e. The summed E-state index contributed by atoms with van der Waals surface area (Å²) in [6, 6.07) is 3.86. The quantitative estimate of drug-likeness (QED) is 0.193. The minimum absolute atomic E-state index is 0.0278. The van der Waals surface area contributed by atoms with Gasteiger partial charge < -0.3 is 20.0 Å². The van der Waals surface area contributed by atoms with Crippen LogP contribution in [0.25, 0.3) is 20.2 Å². The molecule has 2 aromatic carbocycles. The Balaban J connectivity index is 0.924. The lowest BCUT2D eigenvalue weighted by molar-refractivity contribution is -0.623. The van der Waals surface area contributed by atoms with Gasteiger partial charge in [-0.05, 0) is 106 Å². The van der Waals surface area contributed by atoms with Crippen molar-refractivity contribution in [3.8, 4) is 0 Å². The molecule has 12 heteroatoms. The fraction of sp³-hybridized carbons (Fsp3) is 0.474. The van der Waals surface area contributed by atoms with E-state index in [2.05, 4.69) is 10.8 Å². The number of benzene rings is 2. The lowest BCUT2D eigenvalue weighted by Crippen LogP contribution is -3.12. The molecule has 0 radical (unpaired) electrons. The Morgan fingerprint density at radius 1 is 0.700 bits per heavy atom. The third-order valence-electron chi connectivity index (χ3n) is 14.4. The predicted molar refractivity (Wildman–Crippen MR) is 193 cm³/mol. The number of carbonyl (C=O) groups is 4. The van der Waals surface area contributed by atoms with E-state index in [9.17, 15) is 29.4 Å². The van der Waals surface area contributed by atoms with Crippen molar-refractivity contribution in [2.45, 2.75) is 38.5 Å². The molecule has 0 saturated heterocycles. The van der Waals surface area contributed by atoms with E-state index < -0.39 is 22.8 Å². The number of hydrogen-bond acceptors (Lipinski definition) is 6. The fourth-order valence-electron chi connectivity index (χ4n) is 13.1. The second kappa shape index (κ2) is 9.43. The second-order valence-electron chi connectivity index (χ2n) is 15.9. The van der Waals surface area contributed by atoms with Gasteiger partial charge in [-0.3, -0.25) is 19.2 Å². The number of aryl methyl sites for hydroxylation is 2. The first-order valence-electron chi connectivity index (χ1n) is 17.3. The molecule has 6 saturated carbocycles. The summed E-state index contributed by atoms with van der Waals surface area (Å²) in [6.07, 6.45) is -0.209. The van der Waals surface area contributed by atoms with E-state index in [0.717, 1.165) is 64.9 Å². The van der Waals surface area contributed by atoms with Gasteiger partial charge in [-0.25, -0.2) is 0 Å². The number of carboxylic acids is 2. The number of rotatable bonds is 8. The summed E-state index contributed by atoms with van der Waals surface area (Å²) in [5, 5.41) is 25.7. The number of aliphatic carboxylic acids is 2. The lowest BCUT2D eigenvalue weighted by atomic mass is 8.92. The molecule has 4 heterocycles. The second-order valence-corrected chi connectivity index (χ2v) is 18.3. The summed E-state index contributed by atoms with van der Waals surface area (Å²) in [5.41, 5.74) is 6.58. The van der Waals surface area contributed by atoms with E-state index in [1.807, 2.05) is 35.8 Å². The number of carboxylic acid groups (broad SMARTS) is 2. The van der Waals surface area contributed by atoms with Crippen molar-refractivity contribution in [1.82, 2.24) is 0 Å². The number of thiophene rings is 2. The number of amides is 2. The number of carbonyl (C=O) groups excluding carboxylic acids is 2. The maximum absolute atomic E-state index is 14.8. The number of hydrogen-bond donors (Lipinski definition) is 2. The molecule has 50 heavy (non-hydrogen) atoms. The van der Waals surface area contributed by atoms with Crippen LogP contribution in [0.5, 0.6) is 0 Å². The van der Waals surface area contributed by atoms with Gasteiger partial charge in [0, 0.05) is 68.2 Å². The van der Waals surface area contributed by atoms with Crippen LogP contribution in [-0.4, -0.2) is 58.8 Å². The average Bonchev–Trinajstić information content (AvgIpc) is 3.86. The standard InChI is InChI=1S/C38H32Cl2N2O6S2/c1-13-11-49-33-15(5-21(43)44)3-19-25(23(13)33)17(7-39)9-41(19)35(47)37-27-30-28(37)32-29(37)31(27)38(30,32)36(48)42-10-18(8-40)26-20(42)4-16(6-22(45)46)34-24(26)14(2)12-50-34/h3-4,11-12,17-18,27-32H,5-10H2,1-2H3,(H,43,44)(H,45,46)/t17-,18-,27?,28?,29?,30?,31?,32?,37?,38?/m1/s1. The van der Waals surface area contributed by atoms with E-state index in [1.54, 1.807) is 22.7 Å². The first kappa shape index (κ1) is 30.4. The van der Waals surface area contributed by atoms with E-state index in [0.29, 0.717) is 24.8 Å². The molecule has 2 atom stereocenters. The zero-order valence-electron chi connectivity index (χ0n) is 27.2. The van der Waals surface area contributed by atoms with Gasteiger partial charge in [0.15, 0.2) is 0 Å². The number of fused-ring (bicyclic) bond motifs is 6. The molecule has 2 amide bonds. The fourth-order valence-corrected chi connectivity index (χ4v) is 15.7. The number of alkyl halides is 2. The molecule has 2 aliphatic heterocycles. The van der Waals surface area contributed by atoms with Gasteiger partial charge in [-0.1, -0.05) is 0 Å². The van der Waals surface area contributed by atoms with Crippen molar-refractivity contribution in [1.29, 1.82) is 0 Å². The maximum Gasteiger partial charge on any atom is 0.307 e.